The normalized spacial score (nSPS) is 13.1. The van der Waals surface area contributed by atoms with Crippen LogP contribution in [0.2, 0.25) is 0 Å². The lowest BCUT2D eigenvalue weighted by molar-refractivity contribution is -0.139. The van der Waals surface area contributed by atoms with Crippen molar-refractivity contribution >= 4 is 29.8 Å². The first-order valence-corrected chi connectivity index (χ1v) is 15.6. The lowest BCUT2D eigenvalue weighted by Gasteiger charge is -2.29. The van der Waals surface area contributed by atoms with E-state index in [-0.39, 0.29) is 37.2 Å². The van der Waals surface area contributed by atoms with Crippen molar-refractivity contribution in [3.05, 3.63) is 102 Å². The number of carbonyl (C=O) groups is 4. The molecule has 0 spiro atoms. The van der Waals surface area contributed by atoms with Crippen molar-refractivity contribution in [3.8, 4) is 5.75 Å². The van der Waals surface area contributed by atoms with Crippen molar-refractivity contribution in [3.63, 3.8) is 0 Å². The standard InChI is InChI=1S/C35H45N7O6/c1-38-28(33(46)41(2)29(31(36)44)21-24-11-6-4-7-12-24)15-10-20-39-34(37)40-32(45)30(22-25-16-18-27(43)19-17-25)42(3)35(47)48-23-26-13-8-5-9-14-26/h4-9,11-14,16-19,28-30,38,43H,10,15,20-23H2,1-3H3,(H2,36,44)(H3,37,39,40,45)/t28-,29-,30-/m0/s1. The molecule has 0 aromatic heterocycles. The molecule has 3 rings (SSSR count). The number of aromatic hydroxyl groups is 1. The van der Waals surface area contributed by atoms with Crippen LogP contribution in [0.15, 0.2) is 89.9 Å². The minimum absolute atomic E-state index is 0.0310. The number of guanidine groups is 1. The smallest absolute Gasteiger partial charge is 0.410 e. The number of benzene rings is 3. The Labute approximate surface area is 280 Å². The van der Waals surface area contributed by atoms with Crippen LogP contribution in [0.5, 0.6) is 5.75 Å². The van der Waals surface area contributed by atoms with Gasteiger partial charge < -0.3 is 31.5 Å². The van der Waals surface area contributed by atoms with Crippen LogP contribution < -0.4 is 22.1 Å². The zero-order chi connectivity index (χ0) is 35.1. The van der Waals surface area contributed by atoms with Gasteiger partial charge in [-0.05, 0) is 48.7 Å². The number of rotatable bonds is 16. The highest BCUT2D eigenvalue weighted by Crippen LogP contribution is 2.15. The fourth-order valence-corrected chi connectivity index (χ4v) is 5.01. The number of amides is 4. The summed E-state index contributed by atoms with van der Waals surface area (Å²) >= 11 is 0. The Bertz CT molecular complexity index is 1520. The van der Waals surface area contributed by atoms with Crippen molar-refractivity contribution in [2.75, 3.05) is 27.7 Å². The van der Waals surface area contributed by atoms with Gasteiger partial charge in [-0.1, -0.05) is 72.8 Å². The number of nitrogens with two attached hydrogens (primary N) is 2. The number of nitrogens with zero attached hydrogens (tertiary/aromatic N) is 3. The maximum absolute atomic E-state index is 13.4. The molecule has 0 bridgehead atoms. The summed E-state index contributed by atoms with van der Waals surface area (Å²) in [4.78, 5) is 58.6. The number of ether oxygens (including phenoxy) is 1. The van der Waals surface area contributed by atoms with E-state index >= 15 is 0 Å². The Morgan fingerprint density at radius 2 is 1.38 bits per heavy atom. The van der Waals surface area contributed by atoms with Crippen LogP contribution in [-0.2, 0) is 38.6 Å². The van der Waals surface area contributed by atoms with E-state index in [1.807, 2.05) is 60.7 Å². The minimum Gasteiger partial charge on any atom is -0.508 e. The van der Waals surface area contributed by atoms with E-state index in [1.165, 1.54) is 29.0 Å². The lowest BCUT2D eigenvalue weighted by atomic mass is 10.0. The maximum atomic E-state index is 13.4. The van der Waals surface area contributed by atoms with Crippen LogP contribution in [0.4, 0.5) is 4.79 Å². The molecule has 0 aliphatic carbocycles. The summed E-state index contributed by atoms with van der Waals surface area (Å²) < 4.78 is 5.43. The molecule has 0 saturated heterocycles. The molecule has 7 N–H and O–H groups in total. The van der Waals surface area contributed by atoms with Gasteiger partial charge in [-0.2, -0.15) is 0 Å². The molecule has 0 saturated carbocycles. The zero-order valence-electron chi connectivity index (χ0n) is 27.5. The maximum Gasteiger partial charge on any atom is 0.410 e. The van der Waals surface area contributed by atoms with Crippen molar-refractivity contribution in [1.29, 1.82) is 0 Å². The van der Waals surface area contributed by atoms with E-state index in [9.17, 15) is 24.3 Å². The van der Waals surface area contributed by atoms with E-state index in [0.717, 1.165) is 11.1 Å². The number of carbonyl (C=O) groups excluding carboxylic acids is 4. The van der Waals surface area contributed by atoms with E-state index in [2.05, 4.69) is 15.6 Å². The topological polar surface area (TPSA) is 193 Å². The third-order valence-electron chi connectivity index (χ3n) is 7.87. The van der Waals surface area contributed by atoms with Crippen LogP contribution in [0.25, 0.3) is 0 Å². The van der Waals surface area contributed by atoms with Crippen LogP contribution in [0.1, 0.15) is 29.5 Å². The molecule has 3 atom stereocenters. The van der Waals surface area contributed by atoms with Gasteiger partial charge in [0.25, 0.3) is 0 Å². The Morgan fingerprint density at radius 3 is 1.96 bits per heavy atom. The van der Waals surface area contributed by atoms with Gasteiger partial charge in [0.15, 0.2) is 5.96 Å². The second kappa shape index (κ2) is 18.6. The minimum atomic E-state index is -1.01. The highest BCUT2D eigenvalue weighted by Gasteiger charge is 2.30. The fourth-order valence-electron chi connectivity index (χ4n) is 5.01. The number of nitrogens with one attached hydrogen (secondary N) is 2. The third kappa shape index (κ3) is 11.4. The largest absolute Gasteiger partial charge is 0.508 e. The molecule has 48 heavy (non-hydrogen) atoms. The molecule has 3 aromatic rings. The average Bonchev–Trinajstić information content (AvgIpc) is 3.09. The number of phenols is 1. The molecule has 3 aromatic carbocycles. The van der Waals surface area contributed by atoms with E-state index in [4.69, 9.17) is 16.2 Å². The van der Waals surface area contributed by atoms with Gasteiger partial charge in [0.2, 0.25) is 17.7 Å². The number of aliphatic imine (C=N–C) groups is 1. The Hall–Kier alpha value is -5.43. The quantitative estimate of drug-likeness (QED) is 0.0875. The predicted octanol–water partition coefficient (Wildman–Crippen LogP) is 1.93. The van der Waals surface area contributed by atoms with Gasteiger partial charge in [0, 0.05) is 33.5 Å². The van der Waals surface area contributed by atoms with Crippen molar-refractivity contribution in [1.82, 2.24) is 20.4 Å². The molecule has 256 valence electrons. The van der Waals surface area contributed by atoms with Crippen LogP contribution >= 0.6 is 0 Å². The number of hydrogen-bond acceptors (Lipinski definition) is 8. The summed E-state index contributed by atoms with van der Waals surface area (Å²) in [5.41, 5.74) is 14.1. The molecule has 0 aliphatic heterocycles. The second-order valence-electron chi connectivity index (χ2n) is 11.3. The molecular formula is C35H45N7O6. The van der Waals surface area contributed by atoms with Gasteiger partial charge >= 0.3 is 6.09 Å². The van der Waals surface area contributed by atoms with E-state index in [1.54, 1.807) is 26.2 Å². The van der Waals surface area contributed by atoms with Crippen LogP contribution in [-0.4, -0.2) is 90.5 Å². The van der Waals surface area contributed by atoms with Crippen molar-refractivity contribution in [2.24, 2.45) is 16.5 Å². The molecule has 0 fully saturated rings. The molecular weight excluding hydrogens is 614 g/mol. The summed E-state index contributed by atoms with van der Waals surface area (Å²) in [6.45, 7) is 0.228. The summed E-state index contributed by atoms with van der Waals surface area (Å²) in [6.07, 6.45) is 0.517. The van der Waals surface area contributed by atoms with E-state index < -0.39 is 36.0 Å². The lowest BCUT2D eigenvalue weighted by Crippen LogP contribution is -2.53. The first kappa shape index (κ1) is 37.0. The monoisotopic (exact) mass is 659 g/mol. The van der Waals surface area contributed by atoms with Crippen LogP contribution in [0, 0.1) is 0 Å². The molecule has 0 radical (unpaired) electrons. The van der Waals surface area contributed by atoms with Gasteiger partial charge in [0.1, 0.15) is 24.4 Å². The Morgan fingerprint density at radius 1 is 0.812 bits per heavy atom. The van der Waals surface area contributed by atoms with Gasteiger partial charge in [0.05, 0.1) is 6.04 Å². The van der Waals surface area contributed by atoms with E-state index in [0.29, 0.717) is 24.8 Å². The number of primary amides is 1. The molecule has 0 aliphatic rings. The predicted molar refractivity (Wildman–Crippen MR) is 183 cm³/mol. The van der Waals surface area contributed by atoms with Gasteiger partial charge in [-0.15, -0.1) is 0 Å². The summed E-state index contributed by atoms with van der Waals surface area (Å²) in [5.74, 6) is -1.55. The number of likely N-dealkylation sites (N-methyl/N-ethyl adjacent to an activating group) is 3. The molecule has 13 nitrogen and oxygen atoms in total. The second-order valence-corrected chi connectivity index (χ2v) is 11.3. The summed E-state index contributed by atoms with van der Waals surface area (Å²) in [5, 5.41) is 15.2. The summed E-state index contributed by atoms with van der Waals surface area (Å²) in [7, 11) is 4.67. The number of phenolic OH excluding ortho intramolecular Hbond substituents is 1. The summed E-state index contributed by atoms with van der Waals surface area (Å²) in [6, 6.07) is 22.3. The molecule has 13 heteroatoms. The Kier molecular flexibility index (Phi) is 14.4. The highest BCUT2D eigenvalue weighted by molar-refractivity contribution is 5.99. The van der Waals surface area contributed by atoms with Crippen LogP contribution in [0.3, 0.4) is 0 Å². The van der Waals surface area contributed by atoms with Gasteiger partial charge in [-0.3, -0.25) is 29.6 Å². The van der Waals surface area contributed by atoms with Crippen molar-refractivity contribution < 1.29 is 29.0 Å². The molecule has 0 unspecified atom stereocenters. The fraction of sp³-hybridized carbons (Fsp3) is 0.343. The number of hydrogen-bond donors (Lipinski definition) is 5. The highest BCUT2D eigenvalue weighted by atomic mass is 16.6. The Balaban J connectivity index is 1.59. The molecule has 4 amide bonds. The average molecular weight is 660 g/mol. The SMILES string of the molecule is CN[C@@H](CCCN=C(N)NC(=O)[C@H](Cc1ccc(O)cc1)N(C)C(=O)OCc1ccccc1)C(=O)N(C)[C@@H](Cc1ccccc1)C(N)=O. The zero-order valence-corrected chi connectivity index (χ0v) is 27.5. The van der Waals surface area contributed by atoms with Crippen molar-refractivity contribution in [2.45, 2.75) is 50.4 Å². The molecule has 0 heterocycles. The third-order valence-corrected chi connectivity index (χ3v) is 7.87. The first-order chi connectivity index (χ1) is 23.0. The van der Waals surface area contributed by atoms with Gasteiger partial charge in [-0.25, -0.2) is 4.79 Å². The first-order valence-electron chi connectivity index (χ1n) is 15.6.